The minimum atomic E-state index is -0.542. The van der Waals surface area contributed by atoms with Crippen LogP contribution in [0.1, 0.15) is 30.6 Å². The molecule has 0 saturated carbocycles. The van der Waals surface area contributed by atoms with E-state index in [0.717, 1.165) is 19.5 Å². The highest BCUT2D eigenvalue weighted by Gasteiger charge is 2.29. The van der Waals surface area contributed by atoms with Gasteiger partial charge in [-0.15, -0.1) is 0 Å². The van der Waals surface area contributed by atoms with Gasteiger partial charge < -0.3 is 9.80 Å². The summed E-state index contributed by atoms with van der Waals surface area (Å²) in [4.78, 5) is 41.4. The van der Waals surface area contributed by atoms with Crippen LogP contribution in [0.4, 0.5) is 5.69 Å². The molecule has 0 unspecified atom stereocenters. The summed E-state index contributed by atoms with van der Waals surface area (Å²) in [5.41, 5.74) is 0.120. The van der Waals surface area contributed by atoms with Gasteiger partial charge in [-0.2, -0.15) is 0 Å². The number of rotatable bonds is 4. The third-order valence-electron chi connectivity index (χ3n) is 5.63. The average molecular weight is 423 g/mol. The Morgan fingerprint density at radius 2 is 1.72 bits per heavy atom. The smallest absolute Gasteiger partial charge is 0.270 e. The number of carbonyl (C=O) groups excluding carboxylic acids is 2. The van der Waals surface area contributed by atoms with Crippen LogP contribution in [-0.4, -0.2) is 77.3 Å². The van der Waals surface area contributed by atoms with Crippen molar-refractivity contribution in [3.05, 3.63) is 38.9 Å². The maximum Gasteiger partial charge on any atom is 0.270 e. The van der Waals surface area contributed by atoms with Crippen LogP contribution in [0.25, 0.3) is 0 Å². The zero-order valence-corrected chi connectivity index (χ0v) is 17.6. The molecule has 158 valence electrons. The zero-order chi connectivity index (χ0) is 21.1. The molecule has 0 bridgehead atoms. The summed E-state index contributed by atoms with van der Waals surface area (Å²) in [5, 5.41) is 10.9. The first-order valence-electron chi connectivity index (χ1n) is 9.98. The van der Waals surface area contributed by atoms with Crippen molar-refractivity contribution in [2.45, 2.75) is 20.3 Å². The summed E-state index contributed by atoms with van der Waals surface area (Å²) in [6.07, 6.45) is 1.16. The highest BCUT2D eigenvalue weighted by Crippen LogP contribution is 2.24. The number of hydrogen-bond donors (Lipinski definition) is 0. The second-order valence-electron chi connectivity index (χ2n) is 8.23. The molecule has 0 aromatic heterocycles. The van der Waals surface area contributed by atoms with Gasteiger partial charge in [-0.1, -0.05) is 25.4 Å². The number of halogens is 1. The third kappa shape index (κ3) is 5.25. The van der Waals surface area contributed by atoms with Crippen molar-refractivity contribution in [2.24, 2.45) is 11.8 Å². The molecule has 1 aromatic carbocycles. The van der Waals surface area contributed by atoms with Gasteiger partial charge in [-0.3, -0.25) is 24.6 Å². The number of benzene rings is 1. The number of hydrogen-bond acceptors (Lipinski definition) is 5. The Morgan fingerprint density at radius 1 is 1.10 bits per heavy atom. The second kappa shape index (κ2) is 9.09. The molecule has 8 nitrogen and oxygen atoms in total. The van der Waals surface area contributed by atoms with Gasteiger partial charge in [0.25, 0.3) is 11.6 Å². The first-order chi connectivity index (χ1) is 13.7. The lowest BCUT2D eigenvalue weighted by Gasteiger charge is -2.38. The van der Waals surface area contributed by atoms with Gasteiger partial charge in [0, 0.05) is 51.4 Å². The molecule has 0 radical (unpaired) electrons. The first kappa shape index (κ1) is 21.5. The van der Waals surface area contributed by atoms with Crippen LogP contribution < -0.4 is 0 Å². The van der Waals surface area contributed by atoms with Crippen LogP contribution in [0.5, 0.6) is 0 Å². The Morgan fingerprint density at radius 3 is 2.28 bits per heavy atom. The summed E-state index contributed by atoms with van der Waals surface area (Å²) >= 11 is 6.08. The standard InChI is InChI=1S/C20H27ClN4O4/c1-14-9-15(2)12-24(11-14)19(26)13-22-5-7-23(8-6-22)20(27)17-4-3-16(25(28)29)10-18(17)21/h3-4,10,14-15H,5-9,11-13H2,1-2H3/t14-,15-/m1/s1. The lowest BCUT2D eigenvalue weighted by molar-refractivity contribution is -0.384. The van der Waals surface area contributed by atoms with Crippen molar-refractivity contribution < 1.29 is 14.5 Å². The predicted octanol–water partition coefficient (Wildman–Crippen LogP) is 2.51. The molecule has 2 atom stereocenters. The third-order valence-corrected chi connectivity index (χ3v) is 5.95. The van der Waals surface area contributed by atoms with E-state index in [0.29, 0.717) is 44.6 Å². The lowest BCUT2D eigenvalue weighted by atomic mass is 9.92. The Balaban J connectivity index is 1.53. The number of nitro groups is 1. The summed E-state index contributed by atoms with van der Waals surface area (Å²) in [5.74, 6) is 0.975. The fourth-order valence-corrected chi connectivity index (χ4v) is 4.48. The minimum absolute atomic E-state index is 0.0788. The molecule has 0 N–H and O–H groups in total. The van der Waals surface area contributed by atoms with Crippen LogP contribution >= 0.6 is 11.6 Å². The van der Waals surface area contributed by atoms with Crippen LogP contribution in [-0.2, 0) is 4.79 Å². The van der Waals surface area contributed by atoms with Crippen molar-refractivity contribution in [1.29, 1.82) is 0 Å². The van der Waals surface area contributed by atoms with E-state index in [9.17, 15) is 19.7 Å². The number of amides is 2. The van der Waals surface area contributed by atoms with E-state index in [2.05, 4.69) is 18.7 Å². The van der Waals surface area contributed by atoms with Gasteiger partial charge in [0.1, 0.15) is 0 Å². The van der Waals surface area contributed by atoms with E-state index >= 15 is 0 Å². The largest absolute Gasteiger partial charge is 0.341 e. The number of carbonyl (C=O) groups is 2. The van der Waals surface area contributed by atoms with E-state index in [1.54, 1.807) is 4.90 Å². The normalized spacial score (nSPS) is 23.1. The fraction of sp³-hybridized carbons (Fsp3) is 0.600. The highest BCUT2D eigenvalue weighted by molar-refractivity contribution is 6.34. The molecule has 0 spiro atoms. The summed E-state index contributed by atoms with van der Waals surface area (Å²) < 4.78 is 0. The number of piperidine rings is 1. The number of non-ortho nitro benzene ring substituents is 1. The molecule has 1 aromatic rings. The topological polar surface area (TPSA) is 87.0 Å². The van der Waals surface area contributed by atoms with Crippen molar-refractivity contribution >= 4 is 29.1 Å². The van der Waals surface area contributed by atoms with Gasteiger partial charge in [-0.05, 0) is 24.3 Å². The Hall–Kier alpha value is -2.19. The second-order valence-corrected chi connectivity index (χ2v) is 8.64. The molecule has 2 saturated heterocycles. The molecule has 9 heteroatoms. The molecular formula is C20H27ClN4O4. The SMILES string of the molecule is C[C@@H]1C[C@@H](C)CN(C(=O)CN2CCN(C(=O)c3ccc([N+](=O)[O-])cc3Cl)CC2)C1. The number of piperazine rings is 1. The van der Waals surface area contributed by atoms with Crippen molar-refractivity contribution in [2.75, 3.05) is 45.8 Å². The molecule has 3 rings (SSSR count). The van der Waals surface area contributed by atoms with Gasteiger partial charge in [-0.25, -0.2) is 0 Å². The van der Waals surface area contributed by atoms with E-state index in [1.807, 2.05) is 4.90 Å². The highest BCUT2D eigenvalue weighted by atomic mass is 35.5. The molecule has 2 aliphatic rings. The van der Waals surface area contributed by atoms with Gasteiger partial charge >= 0.3 is 0 Å². The number of nitro benzene ring substituents is 1. The molecule has 2 amide bonds. The van der Waals surface area contributed by atoms with Gasteiger partial charge in [0.05, 0.1) is 22.1 Å². The van der Waals surface area contributed by atoms with E-state index in [-0.39, 0.29) is 28.1 Å². The van der Waals surface area contributed by atoms with Crippen LogP contribution in [0.15, 0.2) is 18.2 Å². The molecule has 0 aliphatic carbocycles. The summed E-state index contributed by atoms with van der Waals surface area (Å²) in [6, 6.07) is 3.89. The monoisotopic (exact) mass is 422 g/mol. The fourth-order valence-electron chi connectivity index (χ4n) is 4.23. The zero-order valence-electron chi connectivity index (χ0n) is 16.8. The van der Waals surface area contributed by atoms with Crippen molar-refractivity contribution in [1.82, 2.24) is 14.7 Å². The number of nitrogens with zero attached hydrogens (tertiary/aromatic N) is 4. The maximum atomic E-state index is 12.7. The Bertz CT molecular complexity index is 785. The van der Waals surface area contributed by atoms with Crippen LogP contribution in [0, 0.1) is 22.0 Å². The quantitative estimate of drug-likeness (QED) is 0.549. The van der Waals surface area contributed by atoms with E-state index < -0.39 is 4.92 Å². The van der Waals surface area contributed by atoms with Gasteiger partial charge in [0.15, 0.2) is 0 Å². The van der Waals surface area contributed by atoms with Crippen molar-refractivity contribution in [3.63, 3.8) is 0 Å². The Kier molecular flexibility index (Phi) is 6.74. The van der Waals surface area contributed by atoms with Crippen LogP contribution in [0.2, 0.25) is 5.02 Å². The van der Waals surface area contributed by atoms with Crippen LogP contribution in [0.3, 0.4) is 0 Å². The summed E-state index contributed by atoms with van der Waals surface area (Å²) in [7, 11) is 0. The molecule has 2 aliphatic heterocycles. The van der Waals surface area contributed by atoms with Crippen molar-refractivity contribution in [3.8, 4) is 0 Å². The minimum Gasteiger partial charge on any atom is -0.341 e. The Labute approximate surface area is 175 Å². The van der Waals surface area contributed by atoms with E-state index in [4.69, 9.17) is 11.6 Å². The maximum absolute atomic E-state index is 12.7. The molecule has 2 fully saturated rings. The summed E-state index contributed by atoms with van der Waals surface area (Å²) in [6.45, 7) is 8.59. The predicted molar refractivity (Wildman–Crippen MR) is 110 cm³/mol. The average Bonchev–Trinajstić information content (AvgIpc) is 2.67. The van der Waals surface area contributed by atoms with Gasteiger partial charge in [0.2, 0.25) is 5.91 Å². The lowest BCUT2D eigenvalue weighted by Crippen LogP contribution is -2.53. The molecule has 2 heterocycles. The molecular weight excluding hydrogens is 396 g/mol. The first-order valence-corrected chi connectivity index (χ1v) is 10.4. The molecule has 29 heavy (non-hydrogen) atoms. The van der Waals surface area contributed by atoms with E-state index in [1.165, 1.54) is 18.2 Å². The number of likely N-dealkylation sites (tertiary alicyclic amines) is 1.